The SMILES string of the molecule is COc1ccc(C=c2sc(=C(C#N)C(=O)NC(C)c3ccccc3)n(-c3ccccc3)c2=O)cc1. The molecule has 4 aromatic rings. The first-order valence-electron chi connectivity index (χ1n) is 10.9. The van der Waals surface area contributed by atoms with E-state index in [0.717, 1.165) is 22.5 Å². The molecule has 3 aromatic carbocycles. The summed E-state index contributed by atoms with van der Waals surface area (Å²) in [7, 11) is 1.59. The van der Waals surface area contributed by atoms with Crippen molar-refractivity contribution < 1.29 is 9.53 Å². The van der Waals surface area contributed by atoms with Crippen LogP contribution < -0.4 is 24.8 Å². The van der Waals surface area contributed by atoms with Crippen LogP contribution in [0.15, 0.2) is 89.7 Å². The van der Waals surface area contributed by atoms with Gasteiger partial charge in [0.25, 0.3) is 11.5 Å². The molecule has 0 aliphatic rings. The Hall–Kier alpha value is -4.41. The molecule has 0 saturated carbocycles. The number of nitriles is 1. The predicted molar refractivity (Wildman–Crippen MR) is 138 cm³/mol. The van der Waals surface area contributed by atoms with Gasteiger partial charge in [-0.3, -0.25) is 14.2 Å². The second-order valence-electron chi connectivity index (χ2n) is 7.76. The van der Waals surface area contributed by atoms with Gasteiger partial charge in [0.15, 0.2) is 5.57 Å². The van der Waals surface area contributed by atoms with Crippen molar-refractivity contribution in [2.24, 2.45) is 0 Å². The van der Waals surface area contributed by atoms with Crippen LogP contribution in [0.25, 0.3) is 17.3 Å². The van der Waals surface area contributed by atoms with Crippen LogP contribution in [0.2, 0.25) is 0 Å². The van der Waals surface area contributed by atoms with Crippen LogP contribution in [0.1, 0.15) is 24.1 Å². The van der Waals surface area contributed by atoms with Crippen LogP contribution in [0, 0.1) is 11.3 Å². The number of hydrogen-bond acceptors (Lipinski definition) is 5. The molecule has 1 amide bonds. The molecule has 35 heavy (non-hydrogen) atoms. The second kappa shape index (κ2) is 10.7. The van der Waals surface area contributed by atoms with Crippen molar-refractivity contribution in [3.8, 4) is 17.5 Å². The van der Waals surface area contributed by atoms with Gasteiger partial charge in [0.05, 0.1) is 23.4 Å². The summed E-state index contributed by atoms with van der Waals surface area (Å²) < 4.78 is 7.31. The van der Waals surface area contributed by atoms with Gasteiger partial charge in [0.1, 0.15) is 16.5 Å². The van der Waals surface area contributed by atoms with Crippen LogP contribution in [0.5, 0.6) is 5.75 Å². The van der Waals surface area contributed by atoms with E-state index in [9.17, 15) is 14.9 Å². The van der Waals surface area contributed by atoms with Gasteiger partial charge in [0.2, 0.25) is 0 Å². The van der Waals surface area contributed by atoms with Crippen molar-refractivity contribution >= 4 is 28.9 Å². The number of nitrogens with zero attached hydrogens (tertiary/aromatic N) is 2. The van der Waals surface area contributed by atoms with Crippen molar-refractivity contribution in [1.29, 1.82) is 5.26 Å². The maximum atomic E-state index is 13.5. The number of carbonyl (C=O) groups excluding carboxylic acids is 1. The Morgan fingerprint density at radius 3 is 2.26 bits per heavy atom. The lowest BCUT2D eigenvalue weighted by molar-refractivity contribution is -0.116. The van der Waals surface area contributed by atoms with E-state index in [2.05, 4.69) is 5.32 Å². The Bertz CT molecular complexity index is 1550. The number of aromatic nitrogens is 1. The molecule has 1 heterocycles. The third kappa shape index (κ3) is 5.24. The normalized spacial score (nSPS) is 13.0. The molecule has 1 aromatic heterocycles. The number of hydrogen-bond donors (Lipinski definition) is 1. The van der Waals surface area contributed by atoms with Crippen molar-refractivity contribution in [1.82, 2.24) is 9.88 Å². The molecule has 0 radical (unpaired) electrons. The number of thiazole rings is 1. The van der Waals surface area contributed by atoms with Gasteiger partial charge in [-0.1, -0.05) is 60.7 Å². The average Bonchev–Trinajstić information content (AvgIpc) is 3.21. The van der Waals surface area contributed by atoms with E-state index in [1.165, 1.54) is 4.57 Å². The fraction of sp³-hybridized carbons (Fsp3) is 0.107. The molecule has 0 bridgehead atoms. The lowest BCUT2D eigenvalue weighted by Crippen LogP contribution is -2.34. The molecule has 1 unspecified atom stereocenters. The first-order valence-corrected chi connectivity index (χ1v) is 11.8. The average molecular weight is 482 g/mol. The van der Waals surface area contributed by atoms with Gasteiger partial charge in [-0.15, -0.1) is 11.3 Å². The Labute approximate surface area is 206 Å². The number of methoxy groups -OCH3 is 1. The van der Waals surface area contributed by atoms with Crippen LogP contribution in [0.4, 0.5) is 0 Å². The summed E-state index contributed by atoms with van der Waals surface area (Å²) in [5.41, 5.74) is 1.88. The van der Waals surface area contributed by atoms with Crippen molar-refractivity contribution in [2.45, 2.75) is 13.0 Å². The smallest absolute Gasteiger partial charge is 0.273 e. The highest BCUT2D eigenvalue weighted by Crippen LogP contribution is 2.13. The molecule has 7 heteroatoms. The second-order valence-corrected chi connectivity index (χ2v) is 8.79. The molecule has 4 rings (SSSR count). The molecular formula is C28H23N3O3S. The topological polar surface area (TPSA) is 84.1 Å². The van der Waals surface area contributed by atoms with E-state index in [1.54, 1.807) is 49.6 Å². The number of ether oxygens (including phenoxy) is 1. The largest absolute Gasteiger partial charge is 0.497 e. The molecule has 174 valence electrons. The summed E-state index contributed by atoms with van der Waals surface area (Å²) in [6.45, 7) is 1.85. The lowest BCUT2D eigenvalue weighted by atomic mass is 10.1. The molecule has 1 atom stereocenters. The summed E-state index contributed by atoms with van der Waals surface area (Å²) in [6, 6.07) is 27.5. The van der Waals surface area contributed by atoms with Gasteiger partial charge in [-0.25, -0.2) is 0 Å². The minimum absolute atomic E-state index is 0.117. The standard InChI is InChI=1S/C28H23N3O3S/c1-19(21-9-5-3-6-10-21)30-26(32)24(18-29)28-31(22-11-7-4-8-12-22)27(33)25(35-28)17-20-13-15-23(34-2)16-14-20/h3-17,19H,1-2H3,(H,30,32). The van der Waals surface area contributed by atoms with Crippen LogP contribution in [-0.4, -0.2) is 17.6 Å². The highest BCUT2D eigenvalue weighted by molar-refractivity contribution is 7.07. The van der Waals surface area contributed by atoms with E-state index in [0.29, 0.717) is 16.0 Å². The quantitative estimate of drug-likeness (QED) is 0.458. The van der Waals surface area contributed by atoms with Crippen LogP contribution in [0.3, 0.4) is 0 Å². The van der Waals surface area contributed by atoms with Gasteiger partial charge >= 0.3 is 0 Å². The van der Waals surface area contributed by atoms with Gasteiger partial charge in [-0.2, -0.15) is 5.26 Å². The van der Waals surface area contributed by atoms with Gasteiger partial charge < -0.3 is 10.1 Å². The van der Waals surface area contributed by atoms with Crippen molar-refractivity contribution in [3.05, 3.63) is 116 Å². The fourth-order valence-corrected chi connectivity index (χ4v) is 4.70. The number of carbonyl (C=O) groups is 1. The van der Waals surface area contributed by atoms with E-state index < -0.39 is 5.91 Å². The first kappa shape index (κ1) is 23.7. The number of rotatable bonds is 6. The summed E-state index contributed by atoms with van der Waals surface area (Å²) in [5.74, 6) is 0.172. The first-order chi connectivity index (χ1) is 17.0. The van der Waals surface area contributed by atoms with E-state index in [4.69, 9.17) is 4.74 Å². The third-order valence-corrected chi connectivity index (χ3v) is 6.54. The predicted octanol–water partition coefficient (Wildman–Crippen LogP) is 3.29. The fourth-order valence-electron chi connectivity index (χ4n) is 3.60. The third-order valence-electron chi connectivity index (χ3n) is 5.45. The highest BCUT2D eigenvalue weighted by atomic mass is 32.1. The number of amides is 1. The minimum atomic E-state index is -0.536. The van der Waals surface area contributed by atoms with Gasteiger partial charge in [0, 0.05) is 0 Å². The Balaban J connectivity index is 1.87. The molecule has 0 saturated heterocycles. The number of para-hydroxylation sites is 1. The number of benzene rings is 3. The van der Waals surface area contributed by atoms with Crippen LogP contribution in [-0.2, 0) is 4.79 Å². The Morgan fingerprint density at radius 1 is 1.03 bits per heavy atom. The maximum absolute atomic E-state index is 13.5. The molecule has 0 spiro atoms. The van der Waals surface area contributed by atoms with E-state index in [1.807, 2.05) is 61.5 Å². The van der Waals surface area contributed by atoms with Crippen LogP contribution >= 0.6 is 11.3 Å². The summed E-state index contributed by atoms with van der Waals surface area (Å²) in [4.78, 5) is 26.7. The Kier molecular flexibility index (Phi) is 7.24. The Morgan fingerprint density at radius 2 is 1.66 bits per heavy atom. The van der Waals surface area contributed by atoms with Crippen molar-refractivity contribution in [2.75, 3.05) is 7.11 Å². The molecule has 0 aliphatic carbocycles. The molecule has 0 aliphatic heterocycles. The zero-order valence-corrected chi connectivity index (χ0v) is 20.1. The monoisotopic (exact) mass is 481 g/mol. The summed E-state index contributed by atoms with van der Waals surface area (Å²) in [6.07, 6.45) is 1.74. The van der Waals surface area contributed by atoms with E-state index >= 15 is 0 Å². The lowest BCUT2D eigenvalue weighted by Gasteiger charge is -2.13. The van der Waals surface area contributed by atoms with E-state index in [-0.39, 0.29) is 21.8 Å². The zero-order chi connectivity index (χ0) is 24.8. The molecular weight excluding hydrogens is 458 g/mol. The zero-order valence-electron chi connectivity index (χ0n) is 19.3. The highest BCUT2D eigenvalue weighted by Gasteiger charge is 2.19. The van der Waals surface area contributed by atoms with Gasteiger partial charge in [-0.05, 0) is 48.4 Å². The minimum Gasteiger partial charge on any atom is -0.497 e. The maximum Gasteiger partial charge on any atom is 0.273 e. The molecule has 6 nitrogen and oxygen atoms in total. The summed E-state index contributed by atoms with van der Waals surface area (Å²) >= 11 is 1.11. The van der Waals surface area contributed by atoms with Crippen molar-refractivity contribution in [3.63, 3.8) is 0 Å². The molecule has 1 N–H and O–H groups in total. The number of nitrogens with one attached hydrogen (secondary N) is 1. The molecule has 0 fully saturated rings. The summed E-state index contributed by atoms with van der Waals surface area (Å²) in [5, 5.41) is 12.9.